The van der Waals surface area contributed by atoms with Crippen LogP contribution >= 0.6 is 0 Å². The first-order chi connectivity index (χ1) is 14.1. The number of hydrogen-bond donors (Lipinski definition) is 1. The Morgan fingerprint density at radius 1 is 1.17 bits per heavy atom. The van der Waals surface area contributed by atoms with Gasteiger partial charge in [0.2, 0.25) is 0 Å². The van der Waals surface area contributed by atoms with Gasteiger partial charge < -0.3 is 19.5 Å². The molecule has 0 bridgehead atoms. The molecule has 29 heavy (non-hydrogen) atoms. The Labute approximate surface area is 170 Å². The van der Waals surface area contributed by atoms with Gasteiger partial charge in [0.05, 0.1) is 18.8 Å². The summed E-state index contributed by atoms with van der Waals surface area (Å²) in [5.74, 6) is 0.843. The van der Waals surface area contributed by atoms with E-state index < -0.39 is 0 Å². The molecule has 3 aliphatic rings. The number of aromatic nitrogens is 1. The maximum atomic E-state index is 12.9. The quantitative estimate of drug-likeness (QED) is 0.866. The minimum absolute atomic E-state index is 0.0130. The molecule has 1 unspecified atom stereocenters. The topological polar surface area (TPSA) is 63.6 Å². The fourth-order valence-electron chi connectivity index (χ4n) is 5.11. The van der Waals surface area contributed by atoms with Crippen molar-refractivity contribution in [3.8, 4) is 0 Å². The molecule has 1 aromatic carbocycles. The molecule has 6 heteroatoms. The Hall–Kier alpha value is -2.60. The normalized spacial score (nSPS) is 24.8. The minimum atomic E-state index is -0.0130. The molecule has 152 valence electrons. The molecule has 1 aliphatic carbocycles. The average molecular weight is 393 g/mol. The highest BCUT2D eigenvalue weighted by molar-refractivity contribution is 5.97. The van der Waals surface area contributed by atoms with Crippen molar-refractivity contribution in [1.29, 1.82) is 0 Å². The van der Waals surface area contributed by atoms with Crippen LogP contribution in [0.5, 0.6) is 0 Å². The third-order valence-corrected chi connectivity index (χ3v) is 6.83. The van der Waals surface area contributed by atoms with Crippen LogP contribution in [0.15, 0.2) is 30.5 Å². The van der Waals surface area contributed by atoms with Crippen molar-refractivity contribution in [2.24, 2.45) is 18.9 Å². The Morgan fingerprint density at radius 2 is 1.97 bits per heavy atom. The number of fused-ring (bicyclic) bond motifs is 2. The summed E-state index contributed by atoms with van der Waals surface area (Å²) in [5, 5.41) is 3.21. The van der Waals surface area contributed by atoms with E-state index in [1.807, 2.05) is 40.9 Å². The summed E-state index contributed by atoms with van der Waals surface area (Å²) in [7, 11) is 1.98. The van der Waals surface area contributed by atoms with E-state index in [1.165, 1.54) is 5.56 Å². The third-order valence-electron chi connectivity index (χ3n) is 6.83. The highest BCUT2D eigenvalue weighted by atomic mass is 16.5. The Morgan fingerprint density at radius 3 is 2.72 bits per heavy atom. The van der Waals surface area contributed by atoms with Crippen LogP contribution < -0.4 is 5.32 Å². The van der Waals surface area contributed by atoms with E-state index in [4.69, 9.17) is 4.74 Å². The average Bonchev–Trinajstić information content (AvgIpc) is 3.09. The summed E-state index contributed by atoms with van der Waals surface area (Å²) in [6.07, 6.45) is 3.66. The number of carbonyl (C=O) groups is 2. The lowest BCUT2D eigenvalue weighted by Crippen LogP contribution is -2.38. The Balaban J connectivity index is 1.22. The van der Waals surface area contributed by atoms with E-state index in [1.54, 1.807) is 0 Å². The fraction of sp³-hybridized carbons (Fsp3) is 0.478. The number of aryl methyl sites for hydroxylation is 1. The second kappa shape index (κ2) is 7.02. The van der Waals surface area contributed by atoms with Gasteiger partial charge in [-0.2, -0.15) is 0 Å². The predicted octanol–water partition coefficient (Wildman–Crippen LogP) is 2.16. The van der Waals surface area contributed by atoms with E-state index in [-0.39, 0.29) is 17.9 Å². The van der Waals surface area contributed by atoms with Gasteiger partial charge in [-0.25, -0.2) is 0 Å². The van der Waals surface area contributed by atoms with Gasteiger partial charge >= 0.3 is 0 Å². The monoisotopic (exact) mass is 393 g/mol. The van der Waals surface area contributed by atoms with Gasteiger partial charge in [-0.1, -0.05) is 19.1 Å². The molecular weight excluding hydrogens is 366 g/mol. The molecule has 2 aromatic rings. The first kappa shape index (κ1) is 18.4. The highest BCUT2D eigenvalue weighted by Gasteiger charge is 2.57. The van der Waals surface area contributed by atoms with Crippen LogP contribution in [0.4, 0.5) is 0 Å². The SMILES string of the molecule is CCc1c(C(=O)N2C[C@@H]3C(NC(=O)c4cccc5c4COCC5)[C@@H]3C2)ccn1C. The zero-order valence-electron chi connectivity index (χ0n) is 17.0. The summed E-state index contributed by atoms with van der Waals surface area (Å²) in [6.45, 7) is 4.75. The van der Waals surface area contributed by atoms with Gasteiger partial charge in [0.15, 0.2) is 0 Å². The molecular formula is C23H27N3O3. The van der Waals surface area contributed by atoms with E-state index in [0.717, 1.165) is 54.9 Å². The van der Waals surface area contributed by atoms with E-state index in [2.05, 4.69) is 18.3 Å². The number of benzene rings is 1. The molecule has 3 heterocycles. The minimum Gasteiger partial charge on any atom is -0.376 e. The summed E-state index contributed by atoms with van der Waals surface area (Å²) in [6, 6.07) is 8.02. The Kier molecular flexibility index (Phi) is 4.46. The van der Waals surface area contributed by atoms with Crippen molar-refractivity contribution in [3.05, 3.63) is 58.4 Å². The molecule has 1 saturated heterocycles. The van der Waals surface area contributed by atoms with Crippen molar-refractivity contribution >= 4 is 11.8 Å². The van der Waals surface area contributed by atoms with Crippen molar-refractivity contribution in [2.75, 3.05) is 19.7 Å². The van der Waals surface area contributed by atoms with Crippen LogP contribution in [0.2, 0.25) is 0 Å². The molecule has 1 aromatic heterocycles. The lowest BCUT2D eigenvalue weighted by atomic mass is 9.97. The molecule has 0 spiro atoms. The summed E-state index contributed by atoms with van der Waals surface area (Å²) >= 11 is 0. The zero-order chi connectivity index (χ0) is 20.1. The predicted molar refractivity (Wildman–Crippen MR) is 109 cm³/mol. The van der Waals surface area contributed by atoms with Gasteiger partial charge in [-0.15, -0.1) is 0 Å². The molecule has 0 radical (unpaired) electrons. The van der Waals surface area contributed by atoms with Crippen molar-refractivity contribution in [1.82, 2.24) is 14.8 Å². The van der Waals surface area contributed by atoms with E-state index in [9.17, 15) is 9.59 Å². The standard InChI is InChI=1S/C23H27N3O3/c1-3-20-16(7-9-25(20)2)23(28)26-11-17-18(12-26)21(17)24-22(27)15-6-4-5-14-8-10-29-13-19(14)15/h4-7,9,17-18,21H,3,8,10-13H2,1-2H3,(H,24,27)/t17-,18+,21?. The zero-order valence-corrected chi connectivity index (χ0v) is 17.0. The number of nitrogens with one attached hydrogen (secondary N) is 1. The van der Waals surface area contributed by atoms with Crippen molar-refractivity contribution in [3.63, 3.8) is 0 Å². The van der Waals surface area contributed by atoms with Crippen LogP contribution in [-0.4, -0.2) is 47.0 Å². The van der Waals surface area contributed by atoms with Crippen molar-refractivity contribution in [2.45, 2.75) is 32.4 Å². The van der Waals surface area contributed by atoms with E-state index >= 15 is 0 Å². The van der Waals surface area contributed by atoms with Gasteiger partial charge in [0, 0.05) is 55.5 Å². The highest BCUT2D eigenvalue weighted by Crippen LogP contribution is 2.46. The number of hydrogen-bond acceptors (Lipinski definition) is 3. The maximum Gasteiger partial charge on any atom is 0.255 e. The Bertz CT molecular complexity index is 968. The van der Waals surface area contributed by atoms with Crippen LogP contribution in [0.25, 0.3) is 0 Å². The van der Waals surface area contributed by atoms with Crippen molar-refractivity contribution < 1.29 is 14.3 Å². The first-order valence-corrected chi connectivity index (χ1v) is 10.5. The smallest absolute Gasteiger partial charge is 0.255 e. The number of carbonyl (C=O) groups excluding carboxylic acids is 2. The summed E-state index contributed by atoms with van der Waals surface area (Å²) in [5.41, 5.74) is 4.86. The number of piperidine rings is 1. The lowest BCUT2D eigenvalue weighted by molar-refractivity contribution is 0.0768. The molecule has 1 saturated carbocycles. The number of likely N-dealkylation sites (tertiary alicyclic amines) is 1. The van der Waals surface area contributed by atoms with Gasteiger partial charge in [0.1, 0.15) is 0 Å². The van der Waals surface area contributed by atoms with Gasteiger partial charge in [-0.05, 0) is 36.1 Å². The second-order valence-corrected chi connectivity index (χ2v) is 8.42. The largest absolute Gasteiger partial charge is 0.376 e. The second-order valence-electron chi connectivity index (χ2n) is 8.42. The molecule has 5 rings (SSSR count). The third kappa shape index (κ3) is 3.06. The van der Waals surface area contributed by atoms with Crippen LogP contribution in [0, 0.1) is 11.8 Å². The fourth-order valence-corrected chi connectivity index (χ4v) is 5.11. The molecule has 2 fully saturated rings. The van der Waals surface area contributed by atoms with Crippen LogP contribution in [0.1, 0.15) is 44.5 Å². The summed E-state index contributed by atoms with van der Waals surface area (Å²) in [4.78, 5) is 27.7. The molecule has 6 nitrogen and oxygen atoms in total. The molecule has 2 aliphatic heterocycles. The first-order valence-electron chi connectivity index (χ1n) is 10.5. The number of ether oxygens (including phenoxy) is 1. The van der Waals surface area contributed by atoms with Gasteiger partial charge in [0.25, 0.3) is 11.8 Å². The van der Waals surface area contributed by atoms with E-state index in [0.29, 0.717) is 18.4 Å². The summed E-state index contributed by atoms with van der Waals surface area (Å²) < 4.78 is 7.58. The molecule has 1 N–H and O–H groups in total. The molecule has 2 amide bonds. The maximum absolute atomic E-state index is 12.9. The number of amides is 2. The lowest BCUT2D eigenvalue weighted by Gasteiger charge is -2.22. The number of nitrogens with zero attached hydrogens (tertiary/aromatic N) is 2. The van der Waals surface area contributed by atoms with Crippen LogP contribution in [0.3, 0.4) is 0 Å². The van der Waals surface area contributed by atoms with Gasteiger partial charge in [-0.3, -0.25) is 9.59 Å². The molecule has 3 atom stereocenters. The van der Waals surface area contributed by atoms with Crippen LogP contribution in [-0.2, 0) is 31.2 Å². The number of rotatable bonds is 4.